The van der Waals surface area contributed by atoms with E-state index in [1.807, 2.05) is 18.2 Å². The predicted octanol–water partition coefficient (Wildman–Crippen LogP) is 3.91. The Morgan fingerprint density at radius 3 is 2.63 bits per heavy atom. The highest BCUT2D eigenvalue weighted by Crippen LogP contribution is 2.25. The van der Waals surface area contributed by atoms with Crippen molar-refractivity contribution in [2.24, 2.45) is 0 Å². The number of nitrogens with zero attached hydrogens (tertiary/aromatic N) is 1. The molecule has 1 aromatic heterocycles. The molecule has 1 amide bonds. The van der Waals surface area contributed by atoms with E-state index in [1.165, 1.54) is 13.3 Å². The van der Waals surface area contributed by atoms with E-state index in [-0.39, 0.29) is 0 Å². The molecule has 2 aromatic rings. The highest BCUT2D eigenvalue weighted by atomic mass is 35.5. The Balaban J connectivity index is 2.27. The summed E-state index contributed by atoms with van der Waals surface area (Å²) in [5.74, 6) is 0.375. The maximum Gasteiger partial charge on any atom is 0.407 e. The fraction of sp³-hybridized carbons (Fsp3) is 0.400. The Morgan fingerprint density at radius 2 is 2.00 bits per heavy atom. The molecule has 2 rings (SSSR count). The third-order valence-electron chi connectivity index (χ3n) is 3.79. The van der Waals surface area contributed by atoms with Crippen molar-refractivity contribution in [3.05, 3.63) is 58.7 Å². The minimum Gasteiger partial charge on any atom is -0.481 e. The minimum absolute atomic E-state index is 0.324. The van der Waals surface area contributed by atoms with Crippen molar-refractivity contribution in [2.45, 2.75) is 44.9 Å². The molecule has 0 aliphatic heterocycles. The highest BCUT2D eigenvalue weighted by molar-refractivity contribution is 6.31. The summed E-state index contributed by atoms with van der Waals surface area (Å²) in [6, 6.07) is 9.94. The van der Waals surface area contributed by atoms with Gasteiger partial charge in [0.15, 0.2) is 0 Å². The van der Waals surface area contributed by atoms with E-state index in [0.717, 1.165) is 5.56 Å². The van der Waals surface area contributed by atoms with Gasteiger partial charge in [0.1, 0.15) is 5.60 Å². The van der Waals surface area contributed by atoms with Gasteiger partial charge in [0.2, 0.25) is 5.88 Å². The Hall–Kier alpha value is -2.31. The van der Waals surface area contributed by atoms with E-state index in [1.54, 1.807) is 39.0 Å². The van der Waals surface area contributed by atoms with Crippen molar-refractivity contribution in [1.29, 1.82) is 0 Å². The van der Waals surface area contributed by atoms with E-state index in [2.05, 4.69) is 10.3 Å². The minimum atomic E-state index is -1.01. The van der Waals surface area contributed by atoms with Crippen molar-refractivity contribution in [3.8, 4) is 5.88 Å². The van der Waals surface area contributed by atoms with Crippen LogP contribution >= 0.6 is 11.6 Å². The summed E-state index contributed by atoms with van der Waals surface area (Å²) >= 11 is 6.25. The van der Waals surface area contributed by atoms with Gasteiger partial charge in [-0.3, -0.25) is 0 Å². The van der Waals surface area contributed by atoms with Gasteiger partial charge in [0, 0.05) is 17.3 Å². The number of amides is 1. The standard InChI is InChI=1S/C20H25ClN2O4/c1-20(2,3)27-19(25)23-16(11-13-7-5-6-8-15(13)21)18(24)14-9-10-22-17(12-14)26-4/h5-10,12,16,18,24H,11H2,1-4H3,(H,23,25)/t16-,18?/m0/s1. The van der Waals surface area contributed by atoms with Crippen LogP contribution in [0.1, 0.15) is 38.0 Å². The molecule has 0 fully saturated rings. The molecule has 0 saturated carbocycles. The van der Waals surface area contributed by atoms with Crippen LogP contribution < -0.4 is 10.1 Å². The molecule has 0 bridgehead atoms. The lowest BCUT2D eigenvalue weighted by Crippen LogP contribution is -2.43. The highest BCUT2D eigenvalue weighted by Gasteiger charge is 2.27. The Labute approximate surface area is 164 Å². The van der Waals surface area contributed by atoms with Gasteiger partial charge in [0.25, 0.3) is 0 Å². The first-order valence-electron chi connectivity index (χ1n) is 8.60. The normalized spacial score (nSPS) is 13.6. The van der Waals surface area contributed by atoms with E-state index < -0.39 is 23.8 Å². The maximum atomic E-state index is 12.3. The summed E-state index contributed by atoms with van der Waals surface area (Å²) in [6.07, 6.45) is 0.243. The average Bonchev–Trinajstić information content (AvgIpc) is 2.60. The van der Waals surface area contributed by atoms with Crippen molar-refractivity contribution in [2.75, 3.05) is 7.11 Å². The maximum absolute atomic E-state index is 12.3. The molecular weight excluding hydrogens is 368 g/mol. The van der Waals surface area contributed by atoms with E-state index in [4.69, 9.17) is 21.1 Å². The number of carbonyl (C=O) groups excluding carboxylic acids is 1. The number of benzene rings is 1. The molecule has 1 aromatic carbocycles. The molecule has 0 radical (unpaired) electrons. The molecule has 2 N–H and O–H groups in total. The number of aromatic nitrogens is 1. The van der Waals surface area contributed by atoms with Gasteiger partial charge < -0.3 is 19.9 Å². The second kappa shape index (κ2) is 9.06. The number of hydrogen-bond acceptors (Lipinski definition) is 5. The number of rotatable bonds is 6. The lowest BCUT2D eigenvalue weighted by Gasteiger charge is -2.27. The lowest BCUT2D eigenvalue weighted by molar-refractivity contribution is 0.0421. The zero-order valence-electron chi connectivity index (χ0n) is 15.9. The molecule has 146 valence electrons. The van der Waals surface area contributed by atoms with E-state index >= 15 is 0 Å². The van der Waals surface area contributed by atoms with Crippen LogP contribution in [0.4, 0.5) is 4.79 Å². The summed E-state index contributed by atoms with van der Waals surface area (Å²) in [4.78, 5) is 16.3. The van der Waals surface area contributed by atoms with Crippen molar-refractivity contribution < 1.29 is 19.4 Å². The molecule has 1 heterocycles. The summed E-state index contributed by atoms with van der Waals surface area (Å²) in [6.45, 7) is 5.33. The predicted molar refractivity (Wildman–Crippen MR) is 104 cm³/mol. The van der Waals surface area contributed by atoms with Gasteiger partial charge in [-0.1, -0.05) is 29.8 Å². The first-order chi connectivity index (χ1) is 12.7. The van der Waals surface area contributed by atoms with E-state index in [9.17, 15) is 9.90 Å². The summed E-state index contributed by atoms with van der Waals surface area (Å²) < 4.78 is 10.4. The monoisotopic (exact) mass is 392 g/mol. The van der Waals surface area contributed by atoms with Crippen LogP contribution in [-0.4, -0.2) is 34.9 Å². The quantitative estimate of drug-likeness (QED) is 0.778. The van der Waals surface area contributed by atoms with Crippen LogP contribution in [-0.2, 0) is 11.2 Å². The molecule has 6 nitrogen and oxygen atoms in total. The molecule has 1 unspecified atom stereocenters. The smallest absolute Gasteiger partial charge is 0.407 e. The number of aliphatic hydroxyl groups excluding tert-OH is 1. The van der Waals surface area contributed by atoms with Crippen LogP contribution in [0.2, 0.25) is 5.02 Å². The number of hydrogen-bond donors (Lipinski definition) is 2. The summed E-state index contributed by atoms with van der Waals surface area (Å²) in [5, 5.41) is 14.2. The van der Waals surface area contributed by atoms with Crippen LogP contribution in [0, 0.1) is 0 Å². The first-order valence-corrected chi connectivity index (χ1v) is 8.98. The van der Waals surface area contributed by atoms with Gasteiger partial charge in [-0.2, -0.15) is 0 Å². The lowest BCUT2D eigenvalue weighted by atomic mass is 9.96. The molecule has 0 spiro atoms. The SMILES string of the molecule is COc1cc(C(O)[C@H](Cc2ccccc2Cl)NC(=O)OC(C)(C)C)ccn1. The van der Waals surface area contributed by atoms with Crippen molar-refractivity contribution in [3.63, 3.8) is 0 Å². The second-order valence-corrected chi connectivity index (χ2v) is 7.53. The van der Waals surface area contributed by atoms with Gasteiger partial charge in [-0.15, -0.1) is 0 Å². The third kappa shape index (κ3) is 6.41. The van der Waals surface area contributed by atoms with Crippen molar-refractivity contribution >= 4 is 17.7 Å². The Morgan fingerprint density at radius 1 is 1.30 bits per heavy atom. The van der Waals surface area contributed by atoms with Crippen LogP contribution in [0.3, 0.4) is 0 Å². The molecule has 0 aliphatic rings. The molecule has 7 heteroatoms. The number of carbonyl (C=O) groups is 1. The van der Waals surface area contributed by atoms with Crippen molar-refractivity contribution in [1.82, 2.24) is 10.3 Å². The number of alkyl carbamates (subject to hydrolysis) is 1. The zero-order chi connectivity index (χ0) is 20.0. The number of methoxy groups -OCH3 is 1. The largest absolute Gasteiger partial charge is 0.481 e. The van der Waals surface area contributed by atoms with Crippen LogP contribution in [0.15, 0.2) is 42.6 Å². The molecule has 0 aliphatic carbocycles. The number of pyridine rings is 1. The molecule has 2 atom stereocenters. The zero-order valence-corrected chi connectivity index (χ0v) is 16.7. The third-order valence-corrected chi connectivity index (χ3v) is 4.16. The Kier molecular flexibility index (Phi) is 7.05. The number of halogens is 1. The van der Waals surface area contributed by atoms with Gasteiger partial charge >= 0.3 is 6.09 Å². The first kappa shape index (κ1) is 21.0. The number of aliphatic hydroxyl groups is 1. The average molecular weight is 393 g/mol. The molecule has 0 saturated heterocycles. The summed E-state index contributed by atoms with van der Waals surface area (Å²) in [7, 11) is 1.50. The second-order valence-electron chi connectivity index (χ2n) is 7.12. The van der Waals surface area contributed by atoms with Crippen LogP contribution in [0.25, 0.3) is 0 Å². The van der Waals surface area contributed by atoms with Gasteiger partial charge in [0.05, 0.1) is 19.3 Å². The summed E-state index contributed by atoms with van der Waals surface area (Å²) in [5.41, 5.74) is 0.722. The van der Waals surface area contributed by atoms with Crippen LogP contribution in [0.5, 0.6) is 5.88 Å². The van der Waals surface area contributed by atoms with E-state index in [0.29, 0.717) is 22.9 Å². The van der Waals surface area contributed by atoms with Gasteiger partial charge in [-0.05, 0) is 50.5 Å². The number of ether oxygens (including phenoxy) is 2. The molecular formula is C20H25ClN2O4. The Bertz CT molecular complexity index is 777. The fourth-order valence-electron chi connectivity index (χ4n) is 2.55. The van der Waals surface area contributed by atoms with Gasteiger partial charge in [-0.25, -0.2) is 9.78 Å². The molecule has 27 heavy (non-hydrogen) atoms. The topological polar surface area (TPSA) is 80.7 Å². The number of nitrogens with one attached hydrogen (secondary N) is 1. The fourth-order valence-corrected chi connectivity index (χ4v) is 2.77.